The van der Waals surface area contributed by atoms with E-state index in [9.17, 15) is 8.42 Å². The Balaban J connectivity index is 1.92. The first kappa shape index (κ1) is 15.7. The Bertz CT molecular complexity index is 649. The van der Waals surface area contributed by atoms with Crippen LogP contribution in [0.3, 0.4) is 0 Å². The van der Waals surface area contributed by atoms with Crippen LogP contribution in [-0.4, -0.2) is 30.8 Å². The Morgan fingerprint density at radius 1 is 1.52 bits per heavy atom. The molecule has 0 saturated heterocycles. The molecule has 2 aromatic heterocycles. The maximum atomic E-state index is 12.2. The molecule has 0 aliphatic rings. The summed E-state index contributed by atoms with van der Waals surface area (Å²) in [5.74, 6) is 0.844. The summed E-state index contributed by atoms with van der Waals surface area (Å²) in [5, 5.41) is 3.97. The number of hydrogen-bond donors (Lipinski definition) is 2. The molecule has 0 spiro atoms. The van der Waals surface area contributed by atoms with Crippen LogP contribution in [0.2, 0.25) is 0 Å². The van der Waals surface area contributed by atoms with Crippen molar-refractivity contribution in [1.82, 2.24) is 14.5 Å². The van der Waals surface area contributed by atoms with Crippen molar-refractivity contribution in [3.8, 4) is 0 Å². The highest BCUT2D eigenvalue weighted by Crippen LogP contribution is 2.11. The van der Waals surface area contributed by atoms with Gasteiger partial charge in [-0.15, -0.1) is 0 Å². The number of rotatable bonds is 8. The first-order valence-corrected chi connectivity index (χ1v) is 8.27. The lowest BCUT2D eigenvalue weighted by Crippen LogP contribution is -2.32. The smallest absolute Gasteiger partial charge is 0.243 e. The largest absolute Gasteiger partial charge is 0.469 e. The Hall–Kier alpha value is -1.64. The van der Waals surface area contributed by atoms with Gasteiger partial charge in [0.1, 0.15) is 10.7 Å². The Morgan fingerprint density at radius 3 is 3.00 bits per heavy atom. The fourth-order valence-corrected chi connectivity index (χ4v) is 3.17. The highest BCUT2D eigenvalue weighted by atomic mass is 32.2. The molecular weight excluding hydrogens is 292 g/mol. The lowest BCUT2D eigenvalue weighted by Gasteiger charge is -2.12. The zero-order chi connectivity index (χ0) is 15.3. The molecule has 0 amide bonds. The molecule has 0 saturated carbocycles. The van der Waals surface area contributed by atoms with E-state index >= 15 is 0 Å². The third-order valence-electron chi connectivity index (χ3n) is 3.04. The molecule has 0 bridgehead atoms. The highest BCUT2D eigenvalue weighted by molar-refractivity contribution is 7.89. The van der Waals surface area contributed by atoms with Crippen molar-refractivity contribution >= 4 is 10.0 Å². The van der Waals surface area contributed by atoms with E-state index in [1.807, 2.05) is 19.1 Å². The number of aromatic nitrogens is 2. The van der Waals surface area contributed by atoms with E-state index in [1.165, 1.54) is 17.1 Å². The molecular formula is C13H20N4O3S. The van der Waals surface area contributed by atoms with Gasteiger partial charge in [-0.3, -0.25) is 4.68 Å². The van der Waals surface area contributed by atoms with Crippen LogP contribution in [0.5, 0.6) is 0 Å². The Kier molecular flexibility index (Phi) is 5.16. The minimum atomic E-state index is -3.55. The lowest BCUT2D eigenvalue weighted by molar-refractivity contribution is 0.480. The number of aryl methyl sites for hydroxylation is 1. The first-order valence-electron chi connectivity index (χ1n) is 6.78. The van der Waals surface area contributed by atoms with Gasteiger partial charge in [0, 0.05) is 25.2 Å². The van der Waals surface area contributed by atoms with Gasteiger partial charge < -0.3 is 10.2 Å². The average molecular weight is 312 g/mol. The van der Waals surface area contributed by atoms with Crippen LogP contribution in [-0.2, 0) is 23.0 Å². The Labute approximate surface area is 124 Å². The van der Waals surface area contributed by atoms with Crippen molar-refractivity contribution in [3.63, 3.8) is 0 Å². The van der Waals surface area contributed by atoms with Gasteiger partial charge in [-0.2, -0.15) is 5.10 Å². The second-order valence-corrected chi connectivity index (χ2v) is 6.58. The van der Waals surface area contributed by atoms with Crippen LogP contribution in [0.15, 0.2) is 40.1 Å². The van der Waals surface area contributed by atoms with Gasteiger partial charge in [-0.05, 0) is 25.5 Å². The van der Waals surface area contributed by atoms with E-state index in [4.69, 9.17) is 10.2 Å². The van der Waals surface area contributed by atoms with Gasteiger partial charge in [0.25, 0.3) is 0 Å². The van der Waals surface area contributed by atoms with Gasteiger partial charge in [0.05, 0.1) is 19.0 Å². The summed E-state index contributed by atoms with van der Waals surface area (Å²) in [4.78, 5) is 0.154. The molecule has 0 aromatic carbocycles. The minimum absolute atomic E-state index is 0.154. The van der Waals surface area contributed by atoms with E-state index in [0.717, 1.165) is 5.76 Å². The number of sulfonamides is 1. The molecule has 7 nitrogen and oxygen atoms in total. The molecule has 0 aliphatic heterocycles. The molecule has 0 fully saturated rings. The van der Waals surface area contributed by atoms with E-state index in [1.54, 1.807) is 6.26 Å². The molecule has 2 aromatic rings. The predicted molar refractivity (Wildman–Crippen MR) is 78.1 cm³/mol. The van der Waals surface area contributed by atoms with Gasteiger partial charge in [0.15, 0.2) is 0 Å². The van der Waals surface area contributed by atoms with E-state index in [-0.39, 0.29) is 10.9 Å². The lowest BCUT2D eigenvalue weighted by atomic mass is 10.2. The molecule has 116 valence electrons. The maximum absolute atomic E-state index is 12.2. The van der Waals surface area contributed by atoms with E-state index in [2.05, 4.69) is 9.82 Å². The van der Waals surface area contributed by atoms with Crippen LogP contribution < -0.4 is 10.5 Å². The van der Waals surface area contributed by atoms with Crippen molar-refractivity contribution in [2.45, 2.75) is 37.2 Å². The van der Waals surface area contributed by atoms with Gasteiger partial charge in [0.2, 0.25) is 10.0 Å². The third-order valence-corrected chi connectivity index (χ3v) is 4.58. The van der Waals surface area contributed by atoms with Gasteiger partial charge >= 0.3 is 0 Å². The Morgan fingerprint density at radius 2 is 2.33 bits per heavy atom. The fraction of sp³-hybridized carbons (Fsp3) is 0.462. The van der Waals surface area contributed by atoms with Crippen LogP contribution in [0.4, 0.5) is 0 Å². The molecule has 8 heteroatoms. The monoisotopic (exact) mass is 312 g/mol. The maximum Gasteiger partial charge on any atom is 0.243 e. The SMILES string of the molecule is CC(CCc1ccco1)NS(=O)(=O)c1cnn(CCN)c1. The normalized spacial score (nSPS) is 13.4. The summed E-state index contributed by atoms with van der Waals surface area (Å²) in [6.45, 7) is 2.72. The second-order valence-electron chi connectivity index (χ2n) is 4.87. The van der Waals surface area contributed by atoms with E-state index < -0.39 is 10.0 Å². The summed E-state index contributed by atoms with van der Waals surface area (Å²) in [7, 11) is -3.55. The van der Waals surface area contributed by atoms with Crippen LogP contribution in [0.25, 0.3) is 0 Å². The summed E-state index contributed by atoms with van der Waals surface area (Å²) in [6, 6.07) is 3.49. The molecule has 2 heterocycles. The number of nitrogens with one attached hydrogen (secondary N) is 1. The van der Waals surface area contributed by atoms with Gasteiger partial charge in [-0.1, -0.05) is 0 Å². The molecule has 2 rings (SSSR count). The van der Waals surface area contributed by atoms with Crippen molar-refractivity contribution < 1.29 is 12.8 Å². The standard InChI is InChI=1S/C13H20N4O3S/c1-11(4-5-12-3-2-8-20-12)16-21(18,19)13-9-15-17(10-13)7-6-14/h2-3,8-11,16H,4-7,14H2,1H3. The van der Waals surface area contributed by atoms with Crippen LogP contribution in [0, 0.1) is 0 Å². The minimum Gasteiger partial charge on any atom is -0.469 e. The molecule has 3 N–H and O–H groups in total. The van der Waals surface area contributed by atoms with Crippen molar-refractivity contribution in [2.24, 2.45) is 5.73 Å². The summed E-state index contributed by atoms with van der Waals surface area (Å²) in [6.07, 6.45) is 5.76. The zero-order valence-electron chi connectivity index (χ0n) is 11.9. The van der Waals surface area contributed by atoms with Crippen LogP contribution >= 0.6 is 0 Å². The summed E-state index contributed by atoms with van der Waals surface area (Å²) >= 11 is 0. The molecule has 1 unspecified atom stereocenters. The van der Waals surface area contributed by atoms with Crippen molar-refractivity contribution in [3.05, 3.63) is 36.5 Å². The molecule has 0 radical (unpaired) electrons. The molecule has 1 atom stereocenters. The number of nitrogens with two attached hydrogens (primary N) is 1. The first-order chi connectivity index (χ1) is 10.0. The fourth-order valence-electron chi connectivity index (χ4n) is 1.94. The second kappa shape index (κ2) is 6.88. The average Bonchev–Trinajstić information content (AvgIpc) is 3.07. The van der Waals surface area contributed by atoms with Crippen molar-refractivity contribution in [2.75, 3.05) is 6.54 Å². The quantitative estimate of drug-likeness (QED) is 0.748. The topological polar surface area (TPSA) is 103 Å². The van der Waals surface area contributed by atoms with Gasteiger partial charge in [-0.25, -0.2) is 13.1 Å². The summed E-state index contributed by atoms with van der Waals surface area (Å²) in [5.41, 5.74) is 5.41. The van der Waals surface area contributed by atoms with E-state index in [0.29, 0.717) is 25.9 Å². The van der Waals surface area contributed by atoms with Crippen LogP contribution in [0.1, 0.15) is 19.1 Å². The number of hydrogen-bond acceptors (Lipinski definition) is 5. The number of nitrogens with zero attached hydrogens (tertiary/aromatic N) is 2. The predicted octanol–water partition coefficient (Wildman–Crippen LogP) is 0.734. The highest BCUT2D eigenvalue weighted by Gasteiger charge is 2.19. The van der Waals surface area contributed by atoms with Crippen molar-refractivity contribution in [1.29, 1.82) is 0 Å². The molecule has 0 aliphatic carbocycles. The summed E-state index contributed by atoms with van der Waals surface area (Å²) < 4.78 is 33.8. The molecule has 21 heavy (non-hydrogen) atoms. The number of furan rings is 1. The zero-order valence-corrected chi connectivity index (χ0v) is 12.7. The third kappa shape index (κ3) is 4.42.